The van der Waals surface area contributed by atoms with E-state index in [0.717, 1.165) is 22.0 Å². The molecule has 2 aromatic heterocycles. The normalized spacial score (nSPS) is 10.9. The van der Waals surface area contributed by atoms with E-state index in [0.29, 0.717) is 23.2 Å². The Bertz CT molecular complexity index is 1000. The molecule has 1 N–H and O–H groups in total. The number of para-hydroxylation sites is 1. The number of ether oxygens (including phenoxy) is 2. The van der Waals surface area contributed by atoms with Crippen LogP contribution in [0, 0.1) is 0 Å². The smallest absolute Gasteiger partial charge is 0.260 e. The van der Waals surface area contributed by atoms with Crippen LogP contribution >= 0.6 is 0 Å². The highest BCUT2D eigenvalue weighted by molar-refractivity contribution is 5.93. The van der Waals surface area contributed by atoms with Crippen LogP contribution < -0.4 is 9.47 Å². The van der Waals surface area contributed by atoms with Gasteiger partial charge in [-0.05, 0) is 24.3 Å². The highest BCUT2D eigenvalue weighted by Crippen LogP contribution is 2.33. The maximum absolute atomic E-state index is 5.45. The van der Waals surface area contributed by atoms with Gasteiger partial charge in [-0.25, -0.2) is 0 Å². The van der Waals surface area contributed by atoms with Gasteiger partial charge in [-0.2, -0.15) is 4.98 Å². The van der Waals surface area contributed by atoms with E-state index in [-0.39, 0.29) is 0 Å². The summed E-state index contributed by atoms with van der Waals surface area (Å²) in [7, 11) is 3.19. The van der Waals surface area contributed by atoms with Gasteiger partial charge in [-0.15, -0.1) is 0 Å². The fourth-order valence-electron chi connectivity index (χ4n) is 2.67. The summed E-state index contributed by atoms with van der Waals surface area (Å²) in [5.74, 6) is 2.24. The van der Waals surface area contributed by atoms with Gasteiger partial charge in [-0.3, -0.25) is 0 Å². The molecule has 0 saturated carbocycles. The van der Waals surface area contributed by atoms with Crippen LogP contribution in [0.25, 0.3) is 33.7 Å². The quantitative estimate of drug-likeness (QED) is 0.617. The van der Waals surface area contributed by atoms with E-state index < -0.39 is 0 Å². The highest BCUT2D eigenvalue weighted by Gasteiger charge is 2.15. The first-order chi connectivity index (χ1) is 11.8. The van der Waals surface area contributed by atoms with Crippen molar-refractivity contribution >= 4 is 10.9 Å². The molecule has 2 aromatic carbocycles. The molecule has 6 heteroatoms. The summed E-state index contributed by atoms with van der Waals surface area (Å²) in [5, 5.41) is 5.13. The van der Waals surface area contributed by atoms with Crippen molar-refractivity contribution in [3.05, 3.63) is 48.7 Å². The van der Waals surface area contributed by atoms with Crippen LogP contribution in [-0.4, -0.2) is 29.3 Å². The summed E-state index contributed by atoms with van der Waals surface area (Å²) in [5.41, 5.74) is 2.70. The number of H-pyrrole nitrogens is 1. The summed E-state index contributed by atoms with van der Waals surface area (Å²) >= 11 is 0. The Morgan fingerprint density at radius 2 is 1.83 bits per heavy atom. The Hall–Kier alpha value is -3.28. The predicted octanol–water partition coefficient (Wildman–Crippen LogP) is 3.90. The van der Waals surface area contributed by atoms with Gasteiger partial charge in [0.15, 0.2) is 11.5 Å². The largest absolute Gasteiger partial charge is 0.493 e. The van der Waals surface area contributed by atoms with Crippen LogP contribution in [0.5, 0.6) is 11.5 Å². The molecule has 0 aliphatic carbocycles. The third-order valence-corrected chi connectivity index (χ3v) is 3.89. The number of aromatic amines is 1. The van der Waals surface area contributed by atoms with Gasteiger partial charge in [0.1, 0.15) is 0 Å². The Morgan fingerprint density at radius 1 is 1.00 bits per heavy atom. The van der Waals surface area contributed by atoms with Crippen molar-refractivity contribution in [3.63, 3.8) is 0 Å². The molecule has 0 aliphatic heterocycles. The van der Waals surface area contributed by atoms with Gasteiger partial charge in [-0.1, -0.05) is 23.4 Å². The molecule has 0 unspecified atom stereocenters. The van der Waals surface area contributed by atoms with E-state index in [9.17, 15) is 0 Å². The number of nitrogens with zero attached hydrogens (tertiary/aromatic N) is 2. The number of benzene rings is 2. The van der Waals surface area contributed by atoms with Gasteiger partial charge in [0.05, 0.1) is 19.8 Å². The van der Waals surface area contributed by atoms with Crippen LogP contribution in [0.15, 0.2) is 53.2 Å². The molecule has 6 nitrogen and oxygen atoms in total. The average molecular weight is 321 g/mol. The van der Waals surface area contributed by atoms with Gasteiger partial charge < -0.3 is 19.0 Å². The van der Waals surface area contributed by atoms with Crippen molar-refractivity contribution < 1.29 is 14.0 Å². The van der Waals surface area contributed by atoms with Crippen molar-refractivity contribution in [2.24, 2.45) is 0 Å². The molecule has 0 aliphatic rings. The molecule has 24 heavy (non-hydrogen) atoms. The maximum Gasteiger partial charge on any atom is 0.260 e. The van der Waals surface area contributed by atoms with Crippen molar-refractivity contribution in [1.29, 1.82) is 0 Å². The molecule has 2 heterocycles. The minimum atomic E-state index is 0.470. The third-order valence-electron chi connectivity index (χ3n) is 3.89. The number of aromatic nitrogens is 3. The first kappa shape index (κ1) is 14.3. The van der Waals surface area contributed by atoms with E-state index in [1.54, 1.807) is 14.2 Å². The zero-order valence-corrected chi connectivity index (χ0v) is 13.2. The van der Waals surface area contributed by atoms with Crippen LogP contribution in [0.2, 0.25) is 0 Å². The lowest BCUT2D eigenvalue weighted by molar-refractivity contribution is 0.355. The van der Waals surface area contributed by atoms with Crippen molar-refractivity contribution in [2.45, 2.75) is 0 Å². The predicted molar refractivity (Wildman–Crippen MR) is 90.1 cm³/mol. The topological polar surface area (TPSA) is 73.2 Å². The van der Waals surface area contributed by atoms with Crippen LogP contribution in [0.4, 0.5) is 0 Å². The molecule has 4 aromatic rings. The summed E-state index contributed by atoms with van der Waals surface area (Å²) in [6, 6.07) is 13.5. The minimum Gasteiger partial charge on any atom is -0.493 e. The third kappa shape index (κ3) is 2.28. The second kappa shape index (κ2) is 5.73. The fraction of sp³-hybridized carbons (Fsp3) is 0.111. The second-order valence-electron chi connectivity index (χ2n) is 5.24. The minimum absolute atomic E-state index is 0.470. The van der Waals surface area contributed by atoms with Crippen LogP contribution in [-0.2, 0) is 0 Å². The van der Waals surface area contributed by atoms with E-state index in [1.807, 2.05) is 48.7 Å². The van der Waals surface area contributed by atoms with Gasteiger partial charge in [0, 0.05) is 22.7 Å². The van der Waals surface area contributed by atoms with Gasteiger partial charge in [0.25, 0.3) is 5.89 Å². The molecular weight excluding hydrogens is 306 g/mol. The lowest BCUT2D eigenvalue weighted by atomic mass is 10.1. The molecule has 0 atom stereocenters. The summed E-state index contributed by atoms with van der Waals surface area (Å²) in [6.07, 6.45) is 1.87. The zero-order valence-electron chi connectivity index (χ0n) is 13.2. The lowest BCUT2D eigenvalue weighted by Gasteiger charge is -2.07. The molecule has 0 fully saturated rings. The zero-order chi connectivity index (χ0) is 16.5. The molecule has 120 valence electrons. The molecule has 0 saturated heterocycles. The SMILES string of the molecule is COc1ccc(-c2noc(-c3c[nH]c4ccccc34)n2)cc1OC. The van der Waals surface area contributed by atoms with Gasteiger partial charge in [0.2, 0.25) is 5.82 Å². The molecular formula is C18H15N3O3. The van der Waals surface area contributed by atoms with E-state index in [2.05, 4.69) is 15.1 Å². The highest BCUT2D eigenvalue weighted by atomic mass is 16.5. The number of fused-ring (bicyclic) bond motifs is 1. The lowest BCUT2D eigenvalue weighted by Crippen LogP contribution is -1.91. The monoisotopic (exact) mass is 321 g/mol. The van der Waals surface area contributed by atoms with Crippen molar-refractivity contribution in [1.82, 2.24) is 15.1 Å². The first-order valence-corrected chi connectivity index (χ1v) is 7.42. The van der Waals surface area contributed by atoms with Crippen LogP contribution in [0.3, 0.4) is 0 Å². The Balaban J connectivity index is 1.75. The number of methoxy groups -OCH3 is 2. The fourth-order valence-corrected chi connectivity index (χ4v) is 2.67. The second-order valence-corrected chi connectivity index (χ2v) is 5.24. The van der Waals surface area contributed by atoms with Crippen LogP contribution in [0.1, 0.15) is 0 Å². The van der Waals surface area contributed by atoms with Crippen molar-refractivity contribution in [2.75, 3.05) is 14.2 Å². The van der Waals surface area contributed by atoms with E-state index in [1.165, 1.54) is 0 Å². The van der Waals surface area contributed by atoms with Crippen molar-refractivity contribution in [3.8, 4) is 34.3 Å². The molecule has 0 amide bonds. The Kier molecular flexibility index (Phi) is 3.42. The van der Waals surface area contributed by atoms with E-state index >= 15 is 0 Å². The summed E-state index contributed by atoms with van der Waals surface area (Å²) < 4.78 is 16.0. The van der Waals surface area contributed by atoms with E-state index in [4.69, 9.17) is 14.0 Å². The molecule has 0 radical (unpaired) electrons. The number of hydrogen-bond donors (Lipinski definition) is 1. The number of rotatable bonds is 4. The number of hydrogen-bond acceptors (Lipinski definition) is 5. The molecule has 4 rings (SSSR count). The standard InChI is InChI=1S/C18H15N3O3/c1-22-15-8-7-11(9-16(15)23-2)17-20-18(24-21-17)13-10-19-14-6-4-3-5-12(13)14/h3-10,19H,1-2H3. The molecule has 0 bridgehead atoms. The molecule has 0 spiro atoms. The summed E-state index contributed by atoms with van der Waals surface area (Å²) in [6.45, 7) is 0. The summed E-state index contributed by atoms with van der Waals surface area (Å²) in [4.78, 5) is 7.71. The first-order valence-electron chi connectivity index (χ1n) is 7.42. The Labute approximate surface area is 138 Å². The average Bonchev–Trinajstić information content (AvgIpc) is 3.27. The maximum atomic E-state index is 5.45. The van der Waals surface area contributed by atoms with Gasteiger partial charge >= 0.3 is 0 Å². The number of nitrogens with one attached hydrogen (secondary N) is 1. The Morgan fingerprint density at radius 3 is 2.67 bits per heavy atom.